The fourth-order valence-corrected chi connectivity index (χ4v) is 2.05. The van der Waals surface area contributed by atoms with Crippen LogP contribution >= 0.6 is 0 Å². The Hall–Kier alpha value is -2.34. The molecular formula is C15H19N3O3. The van der Waals surface area contributed by atoms with Gasteiger partial charge >= 0.3 is 5.69 Å². The van der Waals surface area contributed by atoms with Crippen LogP contribution in [0.5, 0.6) is 5.75 Å². The third-order valence-electron chi connectivity index (χ3n) is 3.34. The summed E-state index contributed by atoms with van der Waals surface area (Å²) in [5.41, 5.74) is 0.876. The van der Waals surface area contributed by atoms with Gasteiger partial charge in [0, 0.05) is 32.3 Å². The molecule has 21 heavy (non-hydrogen) atoms. The first-order valence-corrected chi connectivity index (χ1v) is 6.66. The molecule has 0 fully saturated rings. The van der Waals surface area contributed by atoms with Crippen LogP contribution in [-0.2, 0) is 27.2 Å². The molecule has 0 saturated heterocycles. The van der Waals surface area contributed by atoms with E-state index in [0.717, 1.165) is 15.9 Å². The minimum absolute atomic E-state index is 0.169. The van der Waals surface area contributed by atoms with E-state index in [9.17, 15) is 9.59 Å². The third kappa shape index (κ3) is 3.22. The van der Waals surface area contributed by atoms with Crippen LogP contribution in [0.1, 0.15) is 11.3 Å². The van der Waals surface area contributed by atoms with Crippen LogP contribution in [0.15, 0.2) is 39.9 Å². The highest BCUT2D eigenvalue weighted by Gasteiger charge is 2.08. The Morgan fingerprint density at radius 2 is 1.86 bits per heavy atom. The van der Waals surface area contributed by atoms with Crippen LogP contribution in [-0.4, -0.2) is 16.2 Å². The van der Waals surface area contributed by atoms with Gasteiger partial charge in [-0.1, -0.05) is 18.2 Å². The van der Waals surface area contributed by atoms with E-state index in [0.29, 0.717) is 12.2 Å². The summed E-state index contributed by atoms with van der Waals surface area (Å²) >= 11 is 0. The van der Waals surface area contributed by atoms with Gasteiger partial charge in [0.2, 0.25) is 0 Å². The fourth-order valence-electron chi connectivity index (χ4n) is 2.05. The summed E-state index contributed by atoms with van der Waals surface area (Å²) in [5, 5.41) is 3.07. The number of nitrogens with zero attached hydrogens (tertiary/aromatic N) is 2. The van der Waals surface area contributed by atoms with Gasteiger partial charge in [0.25, 0.3) is 5.56 Å². The minimum Gasteiger partial charge on any atom is -0.487 e. The molecule has 0 unspecified atom stereocenters. The van der Waals surface area contributed by atoms with Crippen molar-refractivity contribution in [2.24, 2.45) is 14.1 Å². The molecule has 2 aromatic rings. The van der Waals surface area contributed by atoms with E-state index in [4.69, 9.17) is 4.74 Å². The van der Waals surface area contributed by atoms with E-state index in [1.807, 2.05) is 31.3 Å². The Morgan fingerprint density at radius 1 is 1.14 bits per heavy atom. The average Bonchev–Trinajstić information content (AvgIpc) is 2.49. The predicted octanol–water partition coefficient (Wildman–Crippen LogP) is 0.382. The zero-order valence-electron chi connectivity index (χ0n) is 12.4. The molecule has 0 radical (unpaired) electrons. The Morgan fingerprint density at radius 3 is 2.57 bits per heavy atom. The van der Waals surface area contributed by atoms with E-state index >= 15 is 0 Å². The molecule has 1 heterocycles. The lowest BCUT2D eigenvalue weighted by molar-refractivity contribution is 0.290. The third-order valence-corrected chi connectivity index (χ3v) is 3.34. The quantitative estimate of drug-likeness (QED) is 0.864. The molecule has 1 N–H and O–H groups in total. The Balaban J connectivity index is 2.25. The van der Waals surface area contributed by atoms with Crippen molar-refractivity contribution in [1.29, 1.82) is 0 Å². The van der Waals surface area contributed by atoms with Crippen LogP contribution in [0.3, 0.4) is 0 Å². The maximum Gasteiger partial charge on any atom is 0.330 e. The van der Waals surface area contributed by atoms with Crippen molar-refractivity contribution in [1.82, 2.24) is 14.5 Å². The van der Waals surface area contributed by atoms with Crippen LogP contribution in [0, 0.1) is 0 Å². The molecule has 1 aromatic heterocycles. The topological polar surface area (TPSA) is 65.3 Å². The SMILES string of the molecule is CNCc1ccccc1OCc1cc(=O)n(C)c(=O)n1C. The van der Waals surface area contributed by atoms with Crippen LogP contribution in [0.25, 0.3) is 0 Å². The van der Waals surface area contributed by atoms with Gasteiger partial charge in [-0.25, -0.2) is 4.79 Å². The molecule has 0 atom stereocenters. The molecule has 0 aliphatic rings. The average molecular weight is 289 g/mol. The minimum atomic E-state index is -0.357. The zero-order chi connectivity index (χ0) is 15.4. The normalized spacial score (nSPS) is 10.6. The number of ether oxygens (including phenoxy) is 1. The smallest absolute Gasteiger partial charge is 0.330 e. The number of hydrogen-bond acceptors (Lipinski definition) is 4. The molecule has 112 valence electrons. The predicted molar refractivity (Wildman–Crippen MR) is 80.5 cm³/mol. The second-order valence-corrected chi connectivity index (χ2v) is 4.80. The van der Waals surface area contributed by atoms with E-state index in [2.05, 4.69) is 5.32 Å². The number of para-hydroxylation sites is 1. The van der Waals surface area contributed by atoms with Gasteiger partial charge in [0.05, 0.1) is 5.69 Å². The van der Waals surface area contributed by atoms with Crippen molar-refractivity contribution >= 4 is 0 Å². The largest absolute Gasteiger partial charge is 0.487 e. The highest BCUT2D eigenvalue weighted by molar-refractivity contribution is 5.33. The van der Waals surface area contributed by atoms with Gasteiger partial charge in [-0.3, -0.25) is 13.9 Å². The monoisotopic (exact) mass is 289 g/mol. The van der Waals surface area contributed by atoms with Gasteiger partial charge in [-0.05, 0) is 13.1 Å². The summed E-state index contributed by atoms with van der Waals surface area (Å²) in [6.07, 6.45) is 0. The molecule has 0 bridgehead atoms. The van der Waals surface area contributed by atoms with Crippen molar-refractivity contribution < 1.29 is 4.74 Å². The van der Waals surface area contributed by atoms with Crippen molar-refractivity contribution in [2.45, 2.75) is 13.2 Å². The van der Waals surface area contributed by atoms with Gasteiger partial charge in [0.15, 0.2) is 0 Å². The molecule has 0 saturated carbocycles. The van der Waals surface area contributed by atoms with Crippen LogP contribution < -0.4 is 21.3 Å². The van der Waals surface area contributed by atoms with Crippen LogP contribution in [0.2, 0.25) is 0 Å². The standard InChI is InChI=1S/C15H19N3O3/c1-16-9-11-6-4-5-7-13(11)21-10-12-8-14(19)18(3)15(20)17(12)2/h4-8,16H,9-10H2,1-3H3. The van der Waals surface area contributed by atoms with Gasteiger partial charge in [0.1, 0.15) is 12.4 Å². The van der Waals surface area contributed by atoms with Gasteiger partial charge in [-0.15, -0.1) is 0 Å². The number of benzene rings is 1. The van der Waals surface area contributed by atoms with Gasteiger partial charge < -0.3 is 10.1 Å². The first-order chi connectivity index (χ1) is 10.0. The lowest BCUT2D eigenvalue weighted by Gasteiger charge is -2.13. The van der Waals surface area contributed by atoms with Crippen molar-refractivity contribution in [2.75, 3.05) is 7.05 Å². The zero-order valence-corrected chi connectivity index (χ0v) is 12.4. The lowest BCUT2D eigenvalue weighted by atomic mass is 10.2. The molecule has 0 aliphatic carbocycles. The second kappa shape index (κ2) is 6.41. The molecule has 0 aliphatic heterocycles. The fraction of sp³-hybridized carbons (Fsp3) is 0.333. The molecular weight excluding hydrogens is 270 g/mol. The Labute approximate surface area is 122 Å². The van der Waals surface area contributed by atoms with E-state index in [1.54, 1.807) is 7.05 Å². The number of nitrogens with one attached hydrogen (secondary N) is 1. The van der Waals surface area contributed by atoms with E-state index < -0.39 is 0 Å². The Bertz CT molecular complexity index is 747. The highest BCUT2D eigenvalue weighted by Crippen LogP contribution is 2.18. The first-order valence-electron chi connectivity index (χ1n) is 6.66. The number of rotatable bonds is 5. The second-order valence-electron chi connectivity index (χ2n) is 4.80. The number of hydrogen-bond donors (Lipinski definition) is 1. The van der Waals surface area contributed by atoms with Crippen molar-refractivity contribution in [3.8, 4) is 5.75 Å². The van der Waals surface area contributed by atoms with E-state index in [-0.39, 0.29) is 17.9 Å². The molecule has 6 nitrogen and oxygen atoms in total. The lowest BCUT2D eigenvalue weighted by Crippen LogP contribution is -2.38. The van der Waals surface area contributed by atoms with E-state index in [1.165, 1.54) is 17.7 Å². The summed E-state index contributed by atoms with van der Waals surface area (Å²) in [6.45, 7) is 0.855. The molecule has 6 heteroatoms. The molecule has 1 aromatic carbocycles. The summed E-state index contributed by atoms with van der Waals surface area (Å²) < 4.78 is 8.25. The van der Waals surface area contributed by atoms with Crippen molar-refractivity contribution in [3.63, 3.8) is 0 Å². The summed E-state index contributed by atoms with van der Waals surface area (Å²) in [7, 11) is 4.94. The molecule has 0 amide bonds. The summed E-state index contributed by atoms with van der Waals surface area (Å²) in [5.74, 6) is 0.736. The summed E-state index contributed by atoms with van der Waals surface area (Å²) in [4.78, 5) is 23.5. The summed E-state index contributed by atoms with van der Waals surface area (Å²) in [6, 6.07) is 9.08. The highest BCUT2D eigenvalue weighted by atomic mass is 16.5. The van der Waals surface area contributed by atoms with Crippen molar-refractivity contribution in [3.05, 3.63) is 62.4 Å². The maximum atomic E-state index is 11.9. The molecule has 0 spiro atoms. The Kier molecular flexibility index (Phi) is 4.59. The number of aromatic nitrogens is 2. The van der Waals surface area contributed by atoms with Crippen LogP contribution in [0.4, 0.5) is 0 Å². The first kappa shape index (κ1) is 15.1. The maximum absolute atomic E-state index is 11.9. The molecule has 2 rings (SSSR count). The van der Waals surface area contributed by atoms with Gasteiger partial charge in [-0.2, -0.15) is 0 Å².